The van der Waals surface area contributed by atoms with Crippen LogP contribution in [0.15, 0.2) is 24.3 Å². The predicted octanol–water partition coefficient (Wildman–Crippen LogP) is 1.38. The number of fused-ring (bicyclic) bond motifs is 10. The van der Waals surface area contributed by atoms with E-state index in [1.165, 1.54) is 9.80 Å². The molecule has 6 nitrogen and oxygen atoms in total. The summed E-state index contributed by atoms with van der Waals surface area (Å²) in [5, 5.41) is 0. The van der Waals surface area contributed by atoms with E-state index >= 15 is 0 Å². The molecule has 0 unspecified atom stereocenters. The summed E-state index contributed by atoms with van der Waals surface area (Å²) in [6.45, 7) is 0.806. The molecule has 0 spiro atoms. The highest BCUT2D eigenvalue weighted by molar-refractivity contribution is 6.07. The molecule has 2 saturated heterocycles. The fourth-order valence-corrected chi connectivity index (χ4v) is 6.91. The number of carbonyl (C=O) groups is 4. The molecule has 2 heterocycles. The quantitative estimate of drug-likeness (QED) is 0.410. The van der Waals surface area contributed by atoms with Crippen molar-refractivity contribution in [2.24, 2.45) is 47.3 Å². The minimum atomic E-state index is -0.147. The van der Waals surface area contributed by atoms with Crippen LogP contribution in [0.1, 0.15) is 25.7 Å². The van der Waals surface area contributed by atoms with E-state index in [-0.39, 0.29) is 71.0 Å². The highest BCUT2D eigenvalue weighted by Crippen LogP contribution is 2.53. The number of hydrogen-bond acceptors (Lipinski definition) is 4. The zero-order valence-corrected chi connectivity index (χ0v) is 15.7. The molecule has 0 aromatic rings. The average molecular weight is 380 g/mol. The first kappa shape index (κ1) is 16.7. The van der Waals surface area contributed by atoms with Crippen molar-refractivity contribution in [1.82, 2.24) is 9.80 Å². The van der Waals surface area contributed by atoms with Crippen LogP contribution in [0.25, 0.3) is 0 Å². The SMILES string of the molecule is O=C1[C@@H]2[C@H](C(=O)N1CCCCN1C(=O)[C@@H]3[C@H](C1=O)[C@@H]1C=C[C@H]3C1)[C@@H]1C=C[C@H]2C1. The summed E-state index contributed by atoms with van der Waals surface area (Å²) in [5.74, 6) is 0.291. The fraction of sp³-hybridized carbons (Fsp3) is 0.636. The van der Waals surface area contributed by atoms with Gasteiger partial charge in [-0.15, -0.1) is 0 Å². The van der Waals surface area contributed by atoms with Crippen LogP contribution in [0, 0.1) is 47.3 Å². The van der Waals surface area contributed by atoms with Gasteiger partial charge in [0.2, 0.25) is 23.6 Å². The molecule has 6 heteroatoms. The summed E-state index contributed by atoms with van der Waals surface area (Å²) in [6, 6.07) is 0. The van der Waals surface area contributed by atoms with Crippen molar-refractivity contribution in [2.45, 2.75) is 25.7 Å². The summed E-state index contributed by atoms with van der Waals surface area (Å²) in [4.78, 5) is 53.7. The number of imide groups is 2. The maximum atomic E-state index is 12.7. The molecular formula is C22H24N2O4. The molecule has 4 fully saturated rings. The number of allylic oxidation sites excluding steroid dienone is 4. The first-order valence-corrected chi connectivity index (χ1v) is 10.6. The van der Waals surface area contributed by atoms with Crippen molar-refractivity contribution in [3.05, 3.63) is 24.3 Å². The van der Waals surface area contributed by atoms with Crippen molar-refractivity contribution in [1.29, 1.82) is 0 Å². The van der Waals surface area contributed by atoms with Crippen molar-refractivity contribution in [3.63, 3.8) is 0 Å². The topological polar surface area (TPSA) is 74.8 Å². The number of hydrogen-bond donors (Lipinski definition) is 0. The smallest absolute Gasteiger partial charge is 0.233 e. The molecule has 4 bridgehead atoms. The third-order valence-electron chi connectivity index (χ3n) is 8.14. The third kappa shape index (κ3) is 1.98. The van der Waals surface area contributed by atoms with Crippen LogP contribution in [-0.4, -0.2) is 46.5 Å². The Kier molecular flexibility index (Phi) is 3.37. The molecule has 6 aliphatic rings. The fourth-order valence-electron chi connectivity index (χ4n) is 6.91. The van der Waals surface area contributed by atoms with Crippen LogP contribution in [-0.2, 0) is 19.2 Å². The second-order valence-corrected chi connectivity index (χ2v) is 9.36. The van der Waals surface area contributed by atoms with Crippen molar-refractivity contribution >= 4 is 23.6 Å². The lowest BCUT2D eigenvalue weighted by Crippen LogP contribution is -2.36. The Bertz CT molecular complexity index is 731. The molecule has 8 atom stereocenters. The Hall–Kier alpha value is -2.24. The van der Waals surface area contributed by atoms with Crippen LogP contribution < -0.4 is 0 Å². The summed E-state index contributed by atoms with van der Waals surface area (Å²) in [7, 11) is 0. The minimum Gasteiger partial charge on any atom is -0.282 e. The molecule has 4 amide bonds. The molecule has 28 heavy (non-hydrogen) atoms. The molecule has 2 saturated carbocycles. The van der Waals surface area contributed by atoms with E-state index < -0.39 is 0 Å². The Labute approximate surface area is 163 Å². The molecule has 2 aliphatic heterocycles. The van der Waals surface area contributed by atoms with Gasteiger partial charge in [-0.3, -0.25) is 29.0 Å². The Morgan fingerprint density at radius 1 is 0.571 bits per heavy atom. The predicted molar refractivity (Wildman–Crippen MR) is 98.1 cm³/mol. The van der Waals surface area contributed by atoms with Gasteiger partial charge in [0, 0.05) is 13.1 Å². The molecule has 4 aliphatic carbocycles. The van der Waals surface area contributed by atoms with Gasteiger partial charge in [-0.1, -0.05) is 24.3 Å². The lowest BCUT2D eigenvalue weighted by Gasteiger charge is -2.19. The number of unbranched alkanes of at least 4 members (excludes halogenated alkanes) is 1. The molecule has 0 aromatic carbocycles. The lowest BCUT2D eigenvalue weighted by atomic mass is 9.85. The maximum absolute atomic E-state index is 12.7. The normalized spacial score (nSPS) is 44.6. The van der Waals surface area contributed by atoms with E-state index in [4.69, 9.17) is 0 Å². The van der Waals surface area contributed by atoms with Gasteiger partial charge in [-0.2, -0.15) is 0 Å². The zero-order chi connectivity index (χ0) is 19.2. The minimum absolute atomic E-state index is 0.0163. The Balaban J connectivity index is 1.05. The van der Waals surface area contributed by atoms with Gasteiger partial charge in [0.05, 0.1) is 23.7 Å². The molecule has 0 radical (unpaired) electrons. The van der Waals surface area contributed by atoms with E-state index in [0.29, 0.717) is 25.9 Å². The van der Waals surface area contributed by atoms with E-state index in [1.807, 2.05) is 0 Å². The average Bonchev–Trinajstić information content (AvgIpc) is 3.49. The van der Waals surface area contributed by atoms with Crippen LogP contribution >= 0.6 is 0 Å². The van der Waals surface area contributed by atoms with Crippen LogP contribution in [0.3, 0.4) is 0 Å². The highest BCUT2D eigenvalue weighted by atomic mass is 16.2. The zero-order valence-electron chi connectivity index (χ0n) is 15.7. The van der Waals surface area contributed by atoms with Crippen LogP contribution in [0.2, 0.25) is 0 Å². The maximum Gasteiger partial charge on any atom is 0.233 e. The first-order valence-electron chi connectivity index (χ1n) is 10.6. The number of nitrogens with zero attached hydrogens (tertiary/aromatic N) is 2. The number of amides is 4. The number of rotatable bonds is 5. The summed E-state index contributed by atoms with van der Waals surface area (Å²) in [6.07, 6.45) is 11.6. The van der Waals surface area contributed by atoms with E-state index in [0.717, 1.165) is 12.8 Å². The van der Waals surface area contributed by atoms with Gasteiger partial charge in [0.15, 0.2) is 0 Å². The molecule has 6 rings (SSSR count). The third-order valence-corrected chi connectivity index (χ3v) is 8.14. The first-order chi connectivity index (χ1) is 13.6. The van der Waals surface area contributed by atoms with Gasteiger partial charge in [-0.25, -0.2) is 0 Å². The van der Waals surface area contributed by atoms with Gasteiger partial charge in [0.25, 0.3) is 0 Å². The summed E-state index contributed by atoms with van der Waals surface area (Å²) in [5.41, 5.74) is 0. The largest absolute Gasteiger partial charge is 0.282 e. The van der Waals surface area contributed by atoms with Crippen molar-refractivity contribution < 1.29 is 19.2 Å². The van der Waals surface area contributed by atoms with E-state index in [1.54, 1.807) is 0 Å². The van der Waals surface area contributed by atoms with Crippen molar-refractivity contribution in [3.8, 4) is 0 Å². The molecular weight excluding hydrogens is 356 g/mol. The summed E-state index contributed by atoms with van der Waals surface area (Å²) < 4.78 is 0. The number of likely N-dealkylation sites (tertiary alicyclic amines) is 2. The second kappa shape index (κ2) is 5.65. The van der Waals surface area contributed by atoms with Crippen LogP contribution in [0.5, 0.6) is 0 Å². The monoisotopic (exact) mass is 380 g/mol. The van der Waals surface area contributed by atoms with Gasteiger partial charge in [0.1, 0.15) is 0 Å². The van der Waals surface area contributed by atoms with Crippen LogP contribution in [0.4, 0.5) is 0 Å². The lowest BCUT2D eigenvalue weighted by molar-refractivity contribution is -0.143. The van der Waals surface area contributed by atoms with Gasteiger partial charge >= 0.3 is 0 Å². The standard InChI is InChI=1S/C22H24N2O4/c25-19-15-11-3-4-12(9-11)16(15)20(26)23(19)7-1-2-8-24-21(27)17-13-5-6-14(10-13)18(17)22(24)28/h3-6,11-18H,1-2,7-10H2/t11-,12+,13-,14+,15-,16+,17-,18+. The Morgan fingerprint density at radius 3 is 1.14 bits per heavy atom. The Morgan fingerprint density at radius 2 is 0.857 bits per heavy atom. The molecule has 0 N–H and O–H groups in total. The molecule has 0 aromatic heterocycles. The van der Waals surface area contributed by atoms with Crippen molar-refractivity contribution in [2.75, 3.05) is 13.1 Å². The number of carbonyl (C=O) groups excluding carboxylic acids is 4. The van der Waals surface area contributed by atoms with Gasteiger partial charge < -0.3 is 0 Å². The van der Waals surface area contributed by atoms with Gasteiger partial charge in [-0.05, 0) is 49.4 Å². The van der Waals surface area contributed by atoms with E-state index in [2.05, 4.69) is 24.3 Å². The molecule has 146 valence electrons. The summed E-state index contributed by atoms with van der Waals surface area (Å²) >= 11 is 0. The van der Waals surface area contributed by atoms with E-state index in [9.17, 15) is 19.2 Å². The second-order valence-electron chi connectivity index (χ2n) is 9.36. The highest BCUT2D eigenvalue weighted by Gasteiger charge is 2.60.